The maximum atomic E-state index is 12.4. The van der Waals surface area contributed by atoms with E-state index in [4.69, 9.17) is 4.52 Å². The molecule has 1 saturated heterocycles. The molecule has 0 atom stereocenters. The highest BCUT2D eigenvalue weighted by atomic mass is 32.2. The van der Waals surface area contributed by atoms with Crippen molar-refractivity contribution in [2.24, 2.45) is 0 Å². The molecule has 0 amide bonds. The van der Waals surface area contributed by atoms with Crippen molar-refractivity contribution in [2.45, 2.75) is 24.0 Å². The van der Waals surface area contributed by atoms with Crippen molar-refractivity contribution in [2.75, 3.05) is 13.1 Å². The molecule has 1 fully saturated rings. The van der Waals surface area contributed by atoms with Crippen LogP contribution in [0.1, 0.15) is 18.7 Å². The monoisotopic (exact) mass is 299 g/mol. The minimum absolute atomic E-state index is 0.340. The van der Waals surface area contributed by atoms with Crippen LogP contribution in [-0.2, 0) is 10.0 Å². The van der Waals surface area contributed by atoms with Gasteiger partial charge >= 0.3 is 0 Å². The average molecular weight is 299 g/mol. The Balaban J connectivity index is 1.93. The van der Waals surface area contributed by atoms with Crippen molar-refractivity contribution in [1.29, 1.82) is 0 Å². The van der Waals surface area contributed by atoms with Crippen molar-refractivity contribution in [1.82, 2.24) is 14.4 Å². The van der Waals surface area contributed by atoms with Crippen LogP contribution in [0.2, 0.25) is 0 Å². The van der Waals surface area contributed by atoms with Gasteiger partial charge in [0, 0.05) is 31.0 Å². The fraction of sp³-hybridized carbons (Fsp3) is 0.455. The lowest BCUT2D eigenvalue weighted by Crippen LogP contribution is -2.27. The normalized spacial score (nSPS) is 17.1. The molecule has 8 heteroatoms. The molecule has 2 aromatic heterocycles. The summed E-state index contributed by atoms with van der Waals surface area (Å²) >= 11 is 1.20. The number of aryl methyl sites for hydroxylation is 1. The highest BCUT2D eigenvalue weighted by Crippen LogP contribution is 2.30. The van der Waals surface area contributed by atoms with E-state index in [2.05, 4.69) is 10.1 Å². The molecule has 0 aliphatic carbocycles. The van der Waals surface area contributed by atoms with E-state index in [9.17, 15) is 8.42 Å². The molecule has 3 rings (SSSR count). The van der Waals surface area contributed by atoms with Crippen molar-refractivity contribution in [3.05, 3.63) is 17.3 Å². The van der Waals surface area contributed by atoms with E-state index in [1.807, 2.05) is 0 Å². The second-order valence-electron chi connectivity index (χ2n) is 4.40. The van der Waals surface area contributed by atoms with E-state index in [0.717, 1.165) is 12.8 Å². The van der Waals surface area contributed by atoms with Gasteiger partial charge in [0.15, 0.2) is 0 Å². The Bertz CT molecular complexity index is 684. The number of thiophene rings is 1. The van der Waals surface area contributed by atoms with Gasteiger partial charge in [-0.1, -0.05) is 5.16 Å². The Morgan fingerprint density at radius 1 is 1.37 bits per heavy atom. The number of hydrogen-bond acceptors (Lipinski definition) is 6. The second kappa shape index (κ2) is 4.69. The van der Waals surface area contributed by atoms with Gasteiger partial charge in [0.25, 0.3) is 10.0 Å². The highest BCUT2D eigenvalue weighted by molar-refractivity contribution is 7.91. The van der Waals surface area contributed by atoms with Gasteiger partial charge in [0.2, 0.25) is 11.7 Å². The van der Waals surface area contributed by atoms with Crippen molar-refractivity contribution < 1.29 is 12.9 Å². The van der Waals surface area contributed by atoms with Gasteiger partial charge in [0.05, 0.1) is 0 Å². The summed E-state index contributed by atoms with van der Waals surface area (Å²) in [6, 6.07) is 1.61. The minimum Gasteiger partial charge on any atom is -0.339 e. The van der Waals surface area contributed by atoms with E-state index in [0.29, 0.717) is 34.6 Å². The third kappa shape index (κ3) is 2.31. The van der Waals surface area contributed by atoms with Crippen molar-refractivity contribution in [3.63, 3.8) is 0 Å². The van der Waals surface area contributed by atoms with Crippen LogP contribution in [0.4, 0.5) is 0 Å². The van der Waals surface area contributed by atoms with Crippen LogP contribution in [0.15, 0.2) is 20.2 Å². The van der Waals surface area contributed by atoms with Crippen LogP contribution < -0.4 is 0 Å². The smallest absolute Gasteiger partial charge is 0.252 e. The van der Waals surface area contributed by atoms with E-state index in [-0.39, 0.29) is 0 Å². The summed E-state index contributed by atoms with van der Waals surface area (Å²) < 4.78 is 31.5. The maximum absolute atomic E-state index is 12.4. The van der Waals surface area contributed by atoms with Crippen LogP contribution in [0.5, 0.6) is 0 Å². The number of aromatic nitrogens is 2. The van der Waals surface area contributed by atoms with Crippen LogP contribution >= 0.6 is 11.3 Å². The van der Waals surface area contributed by atoms with Crippen molar-refractivity contribution >= 4 is 21.4 Å². The molecule has 0 radical (unpaired) electrons. The van der Waals surface area contributed by atoms with Gasteiger partial charge in [-0.15, -0.1) is 11.3 Å². The highest BCUT2D eigenvalue weighted by Gasteiger charge is 2.28. The molecule has 0 N–H and O–H groups in total. The Labute approximate surface area is 115 Å². The van der Waals surface area contributed by atoms with Gasteiger partial charge in [-0.25, -0.2) is 8.42 Å². The summed E-state index contributed by atoms with van der Waals surface area (Å²) in [5, 5.41) is 5.53. The van der Waals surface area contributed by atoms with E-state index in [1.54, 1.807) is 18.4 Å². The second-order valence-corrected chi connectivity index (χ2v) is 7.48. The molecule has 0 aromatic carbocycles. The molecule has 1 aliphatic heterocycles. The lowest BCUT2D eigenvalue weighted by Gasteiger charge is -2.13. The lowest BCUT2D eigenvalue weighted by molar-refractivity contribution is 0.394. The summed E-state index contributed by atoms with van der Waals surface area (Å²) in [6.45, 7) is 2.92. The Kier molecular flexibility index (Phi) is 3.15. The molecular formula is C11H13N3O3S2. The predicted molar refractivity (Wildman–Crippen MR) is 70.3 cm³/mol. The zero-order chi connectivity index (χ0) is 13.5. The molecule has 0 saturated carbocycles. The Morgan fingerprint density at radius 2 is 2.11 bits per heavy atom. The first-order valence-corrected chi connectivity index (χ1v) is 8.29. The maximum Gasteiger partial charge on any atom is 0.252 e. The molecule has 0 spiro atoms. The first-order chi connectivity index (χ1) is 9.07. The van der Waals surface area contributed by atoms with Crippen LogP contribution in [0.25, 0.3) is 11.4 Å². The van der Waals surface area contributed by atoms with E-state index >= 15 is 0 Å². The summed E-state index contributed by atoms with van der Waals surface area (Å²) in [7, 11) is -3.35. The first kappa shape index (κ1) is 12.8. The van der Waals surface area contributed by atoms with Gasteiger partial charge in [-0.05, 0) is 18.9 Å². The lowest BCUT2D eigenvalue weighted by atomic mass is 10.3. The number of rotatable bonds is 3. The summed E-state index contributed by atoms with van der Waals surface area (Å²) in [5.41, 5.74) is 0.680. The average Bonchev–Trinajstić information content (AvgIpc) is 3.10. The predicted octanol–water partition coefficient (Wildman–Crippen LogP) is 1.89. The number of sulfonamides is 1. The van der Waals surface area contributed by atoms with Crippen LogP contribution in [-0.4, -0.2) is 36.0 Å². The Morgan fingerprint density at radius 3 is 2.74 bits per heavy atom. The van der Waals surface area contributed by atoms with Gasteiger partial charge in [-0.3, -0.25) is 0 Å². The molecule has 19 heavy (non-hydrogen) atoms. The van der Waals surface area contributed by atoms with Crippen molar-refractivity contribution in [3.8, 4) is 11.4 Å². The molecule has 102 valence electrons. The standard InChI is InChI=1S/C11H13N3O3S2/c1-8-12-11(13-17-8)9-6-10(18-7-9)19(15,16)14-4-2-3-5-14/h6-7H,2-5H2,1H3. The van der Waals surface area contributed by atoms with E-state index in [1.165, 1.54) is 15.6 Å². The summed E-state index contributed by atoms with van der Waals surface area (Å²) in [6.07, 6.45) is 1.86. The molecule has 3 heterocycles. The van der Waals surface area contributed by atoms with Crippen LogP contribution in [0.3, 0.4) is 0 Å². The zero-order valence-corrected chi connectivity index (χ0v) is 12.0. The molecule has 2 aromatic rings. The fourth-order valence-electron chi connectivity index (χ4n) is 2.04. The third-order valence-corrected chi connectivity index (χ3v) is 6.33. The van der Waals surface area contributed by atoms with Crippen LogP contribution in [0, 0.1) is 6.92 Å². The largest absolute Gasteiger partial charge is 0.339 e. The molecule has 1 aliphatic rings. The first-order valence-electron chi connectivity index (χ1n) is 5.97. The molecular weight excluding hydrogens is 286 g/mol. The zero-order valence-electron chi connectivity index (χ0n) is 10.4. The topological polar surface area (TPSA) is 76.3 Å². The number of hydrogen-bond donors (Lipinski definition) is 0. The third-order valence-electron chi connectivity index (χ3n) is 3.02. The molecule has 0 bridgehead atoms. The quantitative estimate of drug-likeness (QED) is 0.865. The fourth-order valence-corrected chi connectivity index (χ4v) is 4.87. The summed E-state index contributed by atoms with van der Waals surface area (Å²) in [4.78, 5) is 4.09. The Hall–Kier alpha value is -1.25. The molecule has 6 nitrogen and oxygen atoms in total. The van der Waals surface area contributed by atoms with Gasteiger partial charge in [-0.2, -0.15) is 9.29 Å². The minimum atomic E-state index is -3.35. The van der Waals surface area contributed by atoms with Gasteiger partial charge < -0.3 is 4.52 Å². The summed E-state index contributed by atoms with van der Waals surface area (Å²) in [5.74, 6) is 0.891. The molecule has 0 unspecified atom stereocenters. The number of nitrogens with zero attached hydrogens (tertiary/aromatic N) is 3. The SMILES string of the molecule is Cc1nc(-c2csc(S(=O)(=O)N3CCCC3)c2)no1. The van der Waals surface area contributed by atoms with E-state index < -0.39 is 10.0 Å². The van der Waals surface area contributed by atoms with Gasteiger partial charge in [0.1, 0.15) is 4.21 Å².